The topological polar surface area (TPSA) is 77.8 Å². The minimum absolute atomic E-state index is 0.284. The summed E-state index contributed by atoms with van der Waals surface area (Å²) in [7, 11) is 0. The lowest BCUT2D eigenvalue weighted by atomic mass is 10.2. The smallest absolute Gasteiger partial charge is 0.289 e. The highest BCUT2D eigenvalue weighted by Gasteiger charge is 2.39. The molecule has 20 heavy (non-hydrogen) atoms. The average Bonchev–Trinajstić information content (AvgIpc) is 2.94. The second-order valence-corrected chi connectivity index (χ2v) is 5.05. The molecule has 0 saturated heterocycles. The second-order valence-electron chi connectivity index (χ2n) is 5.05. The van der Waals surface area contributed by atoms with Crippen molar-refractivity contribution in [3.8, 4) is 23.2 Å². The molecular weight excluding hydrogens is 256 g/mol. The first kappa shape index (κ1) is 11.3. The van der Waals surface area contributed by atoms with Crippen LogP contribution in [-0.4, -0.2) is 20.3 Å². The molecule has 0 spiro atoms. The molecule has 0 N–H and O–H groups in total. The molecule has 1 aliphatic carbocycles. The highest BCUT2D eigenvalue weighted by molar-refractivity contribution is 5.54. The summed E-state index contributed by atoms with van der Waals surface area (Å²) in [4.78, 5) is 4.33. The summed E-state index contributed by atoms with van der Waals surface area (Å²) in [5, 5.41) is 11.9. The van der Waals surface area contributed by atoms with Gasteiger partial charge in [0.15, 0.2) is 0 Å². The molecule has 1 aromatic carbocycles. The van der Waals surface area contributed by atoms with Crippen LogP contribution in [0.2, 0.25) is 0 Å². The summed E-state index contributed by atoms with van der Waals surface area (Å²) in [5.41, 5.74) is 0.866. The van der Waals surface area contributed by atoms with Crippen molar-refractivity contribution in [2.75, 3.05) is 0 Å². The van der Waals surface area contributed by atoms with Gasteiger partial charge in [0.05, 0.1) is 0 Å². The third-order valence-electron chi connectivity index (χ3n) is 3.51. The van der Waals surface area contributed by atoms with E-state index in [1.54, 1.807) is 0 Å². The Labute approximate surface area is 114 Å². The molecule has 0 bridgehead atoms. The van der Waals surface area contributed by atoms with Crippen LogP contribution in [0, 0.1) is 5.92 Å². The van der Waals surface area contributed by atoms with Gasteiger partial charge in [-0.3, -0.25) is 0 Å². The maximum Gasteiger partial charge on any atom is 0.289 e. The van der Waals surface area contributed by atoms with Crippen LogP contribution in [0.15, 0.2) is 39.3 Å². The van der Waals surface area contributed by atoms with Gasteiger partial charge in [0.25, 0.3) is 11.7 Å². The molecule has 6 heteroatoms. The normalized spacial score (nSPS) is 21.1. The number of rotatable bonds is 3. The average molecular weight is 268 g/mol. The fourth-order valence-corrected chi connectivity index (χ4v) is 2.15. The zero-order valence-corrected chi connectivity index (χ0v) is 10.9. The molecule has 0 amide bonds. The Bertz CT molecular complexity index is 734. The van der Waals surface area contributed by atoms with Gasteiger partial charge in [0.2, 0.25) is 11.8 Å². The van der Waals surface area contributed by atoms with Crippen LogP contribution in [0.1, 0.15) is 25.2 Å². The molecule has 2 aromatic heterocycles. The predicted octanol–water partition coefficient (Wildman–Crippen LogP) is 2.91. The molecule has 2 atom stereocenters. The van der Waals surface area contributed by atoms with E-state index in [4.69, 9.17) is 8.94 Å². The van der Waals surface area contributed by atoms with Crippen molar-refractivity contribution in [3.63, 3.8) is 0 Å². The maximum absolute atomic E-state index is 5.59. The molecule has 0 aliphatic heterocycles. The number of hydrogen-bond donors (Lipinski definition) is 0. The molecule has 1 fully saturated rings. The summed E-state index contributed by atoms with van der Waals surface area (Å²) in [6, 6.07) is 9.58. The number of aromatic nitrogens is 4. The standard InChI is InChI=1S/C14H12N4O2/c1-8-7-10(8)13-15-11(18-20-13)14-17-16-12(19-14)9-5-3-2-4-6-9/h2-6,8,10H,7H2,1H3/t8-,10+/m0/s1. The third-order valence-corrected chi connectivity index (χ3v) is 3.51. The molecule has 4 rings (SSSR count). The van der Waals surface area contributed by atoms with Gasteiger partial charge in [-0.05, 0) is 24.5 Å². The highest BCUT2D eigenvalue weighted by Crippen LogP contribution is 2.46. The van der Waals surface area contributed by atoms with Crippen molar-refractivity contribution in [1.82, 2.24) is 20.3 Å². The Morgan fingerprint density at radius 1 is 1.10 bits per heavy atom. The fraction of sp³-hybridized carbons (Fsp3) is 0.286. The van der Waals surface area contributed by atoms with Gasteiger partial charge in [-0.15, -0.1) is 10.2 Å². The Kier molecular flexibility index (Phi) is 2.42. The molecule has 3 aromatic rings. The molecule has 1 saturated carbocycles. The highest BCUT2D eigenvalue weighted by atomic mass is 16.5. The maximum atomic E-state index is 5.59. The summed E-state index contributed by atoms with van der Waals surface area (Å²) in [6.07, 6.45) is 1.10. The van der Waals surface area contributed by atoms with E-state index in [1.807, 2.05) is 30.3 Å². The van der Waals surface area contributed by atoms with Crippen LogP contribution in [-0.2, 0) is 0 Å². The zero-order valence-electron chi connectivity index (χ0n) is 10.9. The van der Waals surface area contributed by atoms with E-state index in [0.717, 1.165) is 12.0 Å². The zero-order chi connectivity index (χ0) is 13.5. The minimum atomic E-state index is 0.284. The van der Waals surface area contributed by atoms with Gasteiger partial charge in [0, 0.05) is 11.5 Å². The van der Waals surface area contributed by atoms with Crippen LogP contribution in [0.4, 0.5) is 0 Å². The quantitative estimate of drug-likeness (QED) is 0.726. The van der Waals surface area contributed by atoms with Crippen molar-refractivity contribution >= 4 is 0 Å². The number of benzene rings is 1. The van der Waals surface area contributed by atoms with E-state index < -0.39 is 0 Å². The van der Waals surface area contributed by atoms with Gasteiger partial charge >= 0.3 is 0 Å². The van der Waals surface area contributed by atoms with Crippen LogP contribution in [0.25, 0.3) is 23.2 Å². The van der Waals surface area contributed by atoms with Crippen LogP contribution >= 0.6 is 0 Å². The molecule has 0 radical (unpaired) electrons. The van der Waals surface area contributed by atoms with E-state index in [0.29, 0.717) is 29.4 Å². The van der Waals surface area contributed by atoms with Gasteiger partial charge in [-0.2, -0.15) is 4.98 Å². The van der Waals surface area contributed by atoms with Gasteiger partial charge in [-0.25, -0.2) is 0 Å². The van der Waals surface area contributed by atoms with Crippen molar-refractivity contribution < 1.29 is 8.94 Å². The molecule has 100 valence electrons. The van der Waals surface area contributed by atoms with Gasteiger partial charge in [-0.1, -0.05) is 30.3 Å². The summed E-state index contributed by atoms with van der Waals surface area (Å²) < 4.78 is 10.8. The van der Waals surface area contributed by atoms with Gasteiger partial charge in [0.1, 0.15) is 0 Å². The van der Waals surface area contributed by atoms with E-state index in [1.165, 1.54) is 0 Å². The van der Waals surface area contributed by atoms with Crippen LogP contribution in [0.3, 0.4) is 0 Å². The van der Waals surface area contributed by atoms with Crippen LogP contribution < -0.4 is 0 Å². The van der Waals surface area contributed by atoms with Crippen LogP contribution in [0.5, 0.6) is 0 Å². The minimum Gasteiger partial charge on any atom is -0.413 e. The Balaban J connectivity index is 1.63. The first-order valence-corrected chi connectivity index (χ1v) is 6.54. The molecular formula is C14H12N4O2. The van der Waals surface area contributed by atoms with Crippen molar-refractivity contribution in [3.05, 3.63) is 36.2 Å². The Hall–Kier alpha value is -2.50. The number of hydrogen-bond acceptors (Lipinski definition) is 6. The molecule has 2 heterocycles. The monoisotopic (exact) mass is 268 g/mol. The van der Waals surface area contributed by atoms with Crippen molar-refractivity contribution in [2.45, 2.75) is 19.3 Å². The predicted molar refractivity (Wildman–Crippen MR) is 69.5 cm³/mol. The van der Waals surface area contributed by atoms with E-state index in [9.17, 15) is 0 Å². The van der Waals surface area contributed by atoms with Gasteiger partial charge < -0.3 is 8.94 Å². The van der Waals surface area contributed by atoms with E-state index >= 15 is 0 Å². The lowest BCUT2D eigenvalue weighted by Gasteiger charge is -1.90. The lowest BCUT2D eigenvalue weighted by Crippen LogP contribution is -1.83. The van der Waals surface area contributed by atoms with E-state index in [-0.39, 0.29) is 5.89 Å². The van der Waals surface area contributed by atoms with Crippen molar-refractivity contribution in [2.24, 2.45) is 5.92 Å². The van der Waals surface area contributed by atoms with Crippen molar-refractivity contribution in [1.29, 1.82) is 0 Å². The second kappa shape index (κ2) is 4.26. The molecule has 1 aliphatic rings. The van der Waals surface area contributed by atoms with E-state index in [2.05, 4.69) is 27.3 Å². The number of nitrogens with zero attached hydrogens (tertiary/aromatic N) is 4. The molecule has 0 unspecified atom stereocenters. The Morgan fingerprint density at radius 2 is 1.85 bits per heavy atom. The summed E-state index contributed by atoms with van der Waals surface area (Å²) in [6.45, 7) is 2.16. The summed E-state index contributed by atoms with van der Waals surface area (Å²) >= 11 is 0. The SMILES string of the molecule is C[C@H]1C[C@H]1c1nc(-c2nnc(-c3ccccc3)o2)no1. The first-order valence-electron chi connectivity index (χ1n) is 6.54. The summed E-state index contributed by atoms with van der Waals surface area (Å²) in [5.74, 6) is 2.75. The molecule has 6 nitrogen and oxygen atoms in total. The largest absolute Gasteiger partial charge is 0.413 e. The Morgan fingerprint density at radius 3 is 2.60 bits per heavy atom. The third kappa shape index (κ3) is 1.89. The lowest BCUT2D eigenvalue weighted by molar-refractivity contribution is 0.375. The first-order chi connectivity index (χ1) is 9.81. The fourth-order valence-electron chi connectivity index (χ4n) is 2.15.